The van der Waals surface area contributed by atoms with Crippen LogP contribution < -0.4 is 18.9 Å². The maximum Gasteiger partial charge on any atom is 0.352 e. The molecule has 0 amide bonds. The van der Waals surface area contributed by atoms with Gasteiger partial charge in [0.25, 0.3) is 0 Å². The van der Waals surface area contributed by atoms with E-state index in [-0.39, 0.29) is 34.1 Å². The fraction of sp³-hybridized carbons (Fsp3) is 0.234. The average Bonchev–Trinajstić information content (AvgIpc) is 3.23. The molecule has 0 fully saturated rings. The van der Waals surface area contributed by atoms with E-state index in [2.05, 4.69) is 13.2 Å². The lowest BCUT2D eigenvalue weighted by Crippen LogP contribution is -2.30. The van der Waals surface area contributed by atoms with Crippen molar-refractivity contribution in [2.24, 2.45) is 0 Å². The molecule has 0 radical (unpaired) electrons. The summed E-state index contributed by atoms with van der Waals surface area (Å²) in [6, 6.07) is 24.3. The summed E-state index contributed by atoms with van der Waals surface area (Å²) < 4.78 is 32.7. The summed E-state index contributed by atoms with van der Waals surface area (Å²) in [4.78, 5) is 75.3. The lowest BCUT2D eigenvalue weighted by Gasteiger charge is -2.16. The Balaban J connectivity index is 1.19. The lowest BCUT2D eigenvalue weighted by molar-refractivity contribution is -0.159. The molecule has 0 aliphatic carbocycles. The minimum Gasteiger partial charge on any atom is -0.447 e. The van der Waals surface area contributed by atoms with Crippen molar-refractivity contribution in [2.75, 3.05) is 0 Å². The molecule has 0 aliphatic rings. The molecule has 5 rings (SSSR count). The normalized spacial score (nSPS) is 11.8. The number of unbranched alkanes of at least 4 members (excludes halogenated alkanes) is 2. The van der Waals surface area contributed by atoms with E-state index in [0.29, 0.717) is 52.8 Å². The summed E-state index contributed by atoms with van der Waals surface area (Å²) in [5.74, 6) is -3.02. The monoisotopic (exact) mass is 800 g/mol. The van der Waals surface area contributed by atoms with Crippen molar-refractivity contribution in [2.45, 2.75) is 71.5 Å². The second-order valence-electron chi connectivity index (χ2n) is 13.5. The second-order valence-corrected chi connectivity index (χ2v) is 13.5. The first-order chi connectivity index (χ1) is 28.4. The molecule has 0 aliphatic heterocycles. The Hall–Kier alpha value is -7.08. The van der Waals surface area contributed by atoms with Crippen molar-refractivity contribution in [3.63, 3.8) is 0 Å². The van der Waals surface area contributed by atoms with Crippen molar-refractivity contribution in [3.8, 4) is 23.0 Å². The molecule has 0 N–H and O–H groups in total. The van der Waals surface area contributed by atoms with E-state index < -0.39 is 48.0 Å². The molecule has 2 atom stereocenters. The van der Waals surface area contributed by atoms with Gasteiger partial charge >= 0.3 is 35.8 Å². The number of ether oxygens (including phenoxy) is 6. The fourth-order valence-electron chi connectivity index (χ4n) is 5.92. The van der Waals surface area contributed by atoms with Gasteiger partial charge in [-0.05, 0) is 126 Å². The highest BCUT2D eigenvalue weighted by Gasteiger charge is 2.25. The number of carbonyl (C=O) groups is 6. The zero-order valence-electron chi connectivity index (χ0n) is 33.0. The van der Waals surface area contributed by atoms with Crippen LogP contribution >= 0.6 is 0 Å². The van der Waals surface area contributed by atoms with Gasteiger partial charge in [0.15, 0.2) is 12.2 Å². The quantitative estimate of drug-likeness (QED) is 0.0471. The van der Waals surface area contributed by atoms with Crippen LogP contribution in [-0.2, 0) is 28.7 Å². The summed E-state index contributed by atoms with van der Waals surface area (Å²) in [5.41, 5.74) is 1.10. The molecular weight excluding hydrogens is 757 g/mol. The summed E-state index contributed by atoms with van der Waals surface area (Å²) in [6.07, 6.45) is 3.44. The predicted octanol–water partition coefficient (Wildman–Crippen LogP) is 9.13. The number of aryl methyl sites for hydroxylation is 1. The number of fused-ring (bicyclic) bond motifs is 2. The highest BCUT2D eigenvalue weighted by Crippen LogP contribution is 2.28. The first kappa shape index (κ1) is 43.1. The maximum atomic E-state index is 13.2. The third-order valence-electron chi connectivity index (χ3n) is 9.11. The van der Waals surface area contributed by atoms with Gasteiger partial charge in [-0.25, -0.2) is 28.8 Å². The van der Waals surface area contributed by atoms with Gasteiger partial charge in [-0.1, -0.05) is 64.1 Å². The molecule has 304 valence electrons. The number of esters is 6. The largest absolute Gasteiger partial charge is 0.447 e. The van der Waals surface area contributed by atoms with Gasteiger partial charge < -0.3 is 28.4 Å². The molecule has 0 heterocycles. The first-order valence-corrected chi connectivity index (χ1v) is 19.1. The molecule has 59 heavy (non-hydrogen) atoms. The van der Waals surface area contributed by atoms with Crippen molar-refractivity contribution in [1.82, 2.24) is 0 Å². The van der Waals surface area contributed by atoms with Gasteiger partial charge in [0, 0.05) is 12.2 Å². The van der Waals surface area contributed by atoms with E-state index in [1.807, 2.05) is 13.8 Å². The standard InChI is InChI=1S/C47H44O12/c1-6-10-12-40(57-42(48)8-3)46(52)55-37-20-18-30-25-34(16-14-32(30)27-37)44(50)54-36-22-23-39(29(5)24-36)59-45(51)35-17-15-33-28-38(21-19-31(33)26-35)56-47(53)41(13-11-7-2)58-43(49)9-4/h8-9,14-28,40-41H,3-4,6-7,10-13H2,1-2,5H3. The van der Waals surface area contributed by atoms with E-state index >= 15 is 0 Å². The van der Waals surface area contributed by atoms with Crippen LogP contribution in [0.1, 0.15) is 78.7 Å². The molecule has 0 bridgehead atoms. The number of hydrogen-bond acceptors (Lipinski definition) is 12. The highest BCUT2D eigenvalue weighted by molar-refractivity contribution is 5.98. The van der Waals surface area contributed by atoms with E-state index in [0.717, 1.165) is 25.0 Å². The molecule has 5 aromatic carbocycles. The topological polar surface area (TPSA) is 158 Å². The van der Waals surface area contributed by atoms with Gasteiger partial charge in [0.2, 0.25) is 0 Å². The molecule has 0 saturated heterocycles. The van der Waals surface area contributed by atoms with E-state index in [1.165, 1.54) is 12.1 Å². The first-order valence-electron chi connectivity index (χ1n) is 19.1. The summed E-state index contributed by atoms with van der Waals surface area (Å²) >= 11 is 0. The molecule has 5 aromatic rings. The second kappa shape index (κ2) is 20.4. The van der Waals surface area contributed by atoms with Crippen molar-refractivity contribution < 1.29 is 57.2 Å². The number of carbonyl (C=O) groups excluding carboxylic acids is 6. The Kier molecular flexibility index (Phi) is 14.9. The minimum atomic E-state index is -1.06. The Labute approximate surface area is 341 Å². The third-order valence-corrected chi connectivity index (χ3v) is 9.11. The zero-order chi connectivity index (χ0) is 42.5. The Morgan fingerprint density at radius 1 is 0.525 bits per heavy atom. The molecule has 2 unspecified atom stereocenters. The predicted molar refractivity (Wildman–Crippen MR) is 219 cm³/mol. The highest BCUT2D eigenvalue weighted by atomic mass is 16.6. The van der Waals surface area contributed by atoms with Crippen LogP contribution in [0.4, 0.5) is 0 Å². The smallest absolute Gasteiger partial charge is 0.352 e. The Morgan fingerprint density at radius 2 is 0.932 bits per heavy atom. The van der Waals surface area contributed by atoms with Crippen molar-refractivity contribution >= 4 is 57.4 Å². The molecule has 0 aromatic heterocycles. The van der Waals surface area contributed by atoms with Crippen LogP contribution in [0.2, 0.25) is 0 Å². The van der Waals surface area contributed by atoms with E-state index in [4.69, 9.17) is 28.4 Å². The lowest BCUT2D eigenvalue weighted by atomic mass is 10.1. The van der Waals surface area contributed by atoms with Gasteiger partial charge in [-0.2, -0.15) is 0 Å². The number of hydrogen-bond donors (Lipinski definition) is 0. The van der Waals surface area contributed by atoms with E-state index in [1.54, 1.807) is 85.8 Å². The van der Waals surface area contributed by atoms with Gasteiger partial charge in [0.05, 0.1) is 11.1 Å². The maximum absolute atomic E-state index is 13.2. The van der Waals surface area contributed by atoms with Crippen LogP contribution in [0, 0.1) is 6.92 Å². The van der Waals surface area contributed by atoms with Crippen LogP contribution in [0.25, 0.3) is 21.5 Å². The minimum absolute atomic E-state index is 0.238. The van der Waals surface area contributed by atoms with Crippen LogP contribution in [-0.4, -0.2) is 48.0 Å². The number of rotatable bonds is 18. The molecular formula is C47H44O12. The SMILES string of the molecule is C=CC(=O)OC(CCCC)C(=O)Oc1ccc2cc(C(=O)Oc3ccc(OC(=O)c4ccc5cc(OC(=O)C(CCCC)OC(=O)C=C)ccc5c4)c(C)c3)ccc2c1. The fourth-order valence-corrected chi connectivity index (χ4v) is 5.92. The Morgan fingerprint density at radius 3 is 1.37 bits per heavy atom. The van der Waals surface area contributed by atoms with Crippen molar-refractivity contribution in [1.29, 1.82) is 0 Å². The van der Waals surface area contributed by atoms with Gasteiger partial charge in [-0.15, -0.1) is 0 Å². The Bertz CT molecular complexity index is 2410. The van der Waals surface area contributed by atoms with Crippen LogP contribution in [0.15, 0.2) is 116 Å². The third kappa shape index (κ3) is 11.7. The molecule has 0 spiro atoms. The molecule has 12 nitrogen and oxygen atoms in total. The summed E-state index contributed by atoms with van der Waals surface area (Å²) in [6.45, 7) is 12.4. The summed E-state index contributed by atoms with van der Waals surface area (Å²) in [5, 5.41) is 2.77. The van der Waals surface area contributed by atoms with Crippen LogP contribution in [0.5, 0.6) is 23.0 Å². The number of benzene rings is 5. The van der Waals surface area contributed by atoms with E-state index in [9.17, 15) is 28.8 Å². The average molecular weight is 801 g/mol. The van der Waals surface area contributed by atoms with Crippen molar-refractivity contribution in [3.05, 3.63) is 133 Å². The van der Waals surface area contributed by atoms with Gasteiger partial charge in [-0.3, -0.25) is 0 Å². The van der Waals surface area contributed by atoms with Gasteiger partial charge in [0.1, 0.15) is 23.0 Å². The van der Waals surface area contributed by atoms with Crippen LogP contribution in [0.3, 0.4) is 0 Å². The molecule has 0 saturated carbocycles. The summed E-state index contributed by atoms with van der Waals surface area (Å²) in [7, 11) is 0. The zero-order valence-corrected chi connectivity index (χ0v) is 33.0. The molecule has 12 heteroatoms.